The number of aromatic nitrogens is 2. The molecular formula is C29H32FN5O3. The van der Waals surface area contributed by atoms with Gasteiger partial charge in [0.15, 0.2) is 5.82 Å². The summed E-state index contributed by atoms with van der Waals surface area (Å²) in [6, 6.07) is 14.1. The SMILES string of the molecule is CC(C(=O)Nc1cc(C2CC2)[nH]n1)c1cccc(-c2ccc(NC(=O)/C=C/CN3CCOCC3)c(F)c2)c1. The minimum absolute atomic E-state index is 0.114. The normalized spacial score (nSPS) is 16.9. The zero-order chi connectivity index (χ0) is 26.5. The molecule has 2 aromatic carbocycles. The maximum absolute atomic E-state index is 14.9. The number of carbonyl (C=O) groups is 2. The van der Waals surface area contributed by atoms with Crippen molar-refractivity contribution >= 4 is 23.3 Å². The first kappa shape index (κ1) is 25.8. The van der Waals surface area contributed by atoms with E-state index in [2.05, 4.69) is 25.7 Å². The molecule has 2 aliphatic rings. The quantitative estimate of drug-likeness (QED) is 0.359. The van der Waals surface area contributed by atoms with E-state index < -0.39 is 11.7 Å². The Morgan fingerprint density at radius 2 is 1.92 bits per heavy atom. The summed E-state index contributed by atoms with van der Waals surface area (Å²) < 4.78 is 20.2. The van der Waals surface area contributed by atoms with Gasteiger partial charge in [0.1, 0.15) is 5.82 Å². The van der Waals surface area contributed by atoms with E-state index >= 15 is 0 Å². The minimum Gasteiger partial charge on any atom is -0.379 e. The van der Waals surface area contributed by atoms with Crippen LogP contribution in [0, 0.1) is 5.82 Å². The second-order valence-corrected chi connectivity index (χ2v) is 9.82. The number of nitrogens with one attached hydrogen (secondary N) is 3. The molecule has 1 aliphatic heterocycles. The van der Waals surface area contributed by atoms with Crippen LogP contribution in [-0.4, -0.2) is 59.8 Å². The van der Waals surface area contributed by atoms with Crippen molar-refractivity contribution < 1.29 is 18.7 Å². The Hall–Kier alpha value is -3.82. The lowest BCUT2D eigenvalue weighted by Gasteiger charge is -2.25. The predicted octanol–water partition coefficient (Wildman–Crippen LogP) is 4.66. The molecule has 9 heteroatoms. The number of aromatic amines is 1. The average molecular weight is 518 g/mol. The molecule has 38 heavy (non-hydrogen) atoms. The molecule has 5 rings (SSSR count). The zero-order valence-corrected chi connectivity index (χ0v) is 21.4. The Bertz CT molecular complexity index is 1330. The van der Waals surface area contributed by atoms with Crippen LogP contribution >= 0.6 is 0 Å². The van der Waals surface area contributed by atoms with E-state index in [1.807, 2.05) is 37.3 Å². The van der Waals surface area contributed by atoms with Crippen molar-refractivity contribution in [2.24, 2.45) is 0 Å². The van der Waals surface area contributed by atoms with Crippen LogP contribution in [0.25, 0.3) is 11.1 Å². The molecule has 2 heterocycles. The third kappa shape index (κ3) is 6.54. The van der Waals surface area contributed by atoms with E-state index in [0.29, 0.717) is 37.1 Å². The molecule has 0 spiro atoms. The first-order valence-electron chi connectivity index (χ1n) is 13.0. The Labute approximate surface area is 221 Å². The molecule has 1 saturated carbocycles. The van der Waals surface area contributed by atoms with E-state index in [0.717, 1.165) is 42.8 Å². The number of H-pyrrole nitrogens is 1. The van der Waals surface area contributed by atoms with Crippen LogP contribution in [0.1, 0.15) is 42.9 Å². The predicted molar refractivity (Wildman–Crippen MR) is 144 cm³/mol. The van der Waals surface area contributed by atoms with Crippen molar-refractivity contribution in [3.63, 3.8) is 0 Å². The minimum atomic E-state index is -0.529. The number of benzene rings is 2. The van der Waals surface area contributed by atoms with Gasteiger partial charge in [0.05, 0.1) is 24.8 Å². The molecular weight excluding hydrogens is 485 g/mol. The highest BCUT2D eigenvalue weighted by Crippen LogP contribution is 2.39. The van der Waals surface area contributed by atoms with E-state index in [1.54, 1.807) is 18.2 Å². The number of carbonyl (C=O) groups excluding carboxylic acids is 2. The zero-order valence-electron chi connectivity index (χ0n) is 21.4. The van der Waals surface area contributed by atoms with E-state index in [1.165, 1.54) is 12.1 Å². The van der Waals surface area contributed by atoms with Crippen LogP contribution in [0.4, 0.5) is 15.9 Å². The van der Waals surface area contributed by atoms with Crippen molar-refractivity contribution in [3.8, 4) is 11.1 Å². The molecule has 0 radical (unpaired) electrons. The monoisotopic (exact) mass is 517 g/mol. The smallest absolute Gasteiger partial charge is 0.248 e. The van der Waals surface area contributed by atoms with Crippen molar-refractivity contribution in [3.05, 3.63) is 77.8 Å². The van der Waals surface area contributed by atoms with Gasteiger partial charge in [0, 0.05) is 43.4 Å². The molecule has 8 nitrogen and oxygen atoms in total. The van der Waals surface area contributed by atoms with E-state index in [9.17, 15) is 14.0 Å². The number of anilines is 2. The molecule has 0 bridgehead atoms. The number of morpholine rings is 1. The molecule has 1 aliphatic carbocycles. The van der Waals surface area contributed by atoms with Gasteiger partial charge >= 0.3 is 0 Å². The Balaban J connectivity index is 1.20. The molecule has 1 aromatic heterocycles. The first-order chi connectivity index (χ1) is 18.5. The van der Waals surface area contributed by atoms with Crippen molar-refractivity contribution in [1.82, 2.24) is 15.1 Å². The van der Waals surface area contributed by atoms with Gasteiger partial charge in [-0.25, -0.2) is 4.39 Å². The van der Waals surface area contributed by atoms with Crippen LogP contribution < -0.4 is 10.6 Å². The Morgan fingerprint density at radius 3 is 2.68 bits per heavy atom. The fraction of sp³-hybridized carbons (Fsp3) is 0.345. The number of ether oxygens (including phenoxy) is 1. The van der Waals surface area contributed by atoms with Gasteiger partial charge in [-0.1, -0.05) is 36.4 Å². The summed E-state index contributed by atoms with van der Waals surface area (Å²) >= 11 is 0. The third-order valence-electron chi connectivity index (χ3n) is 6.94. The number of amides is 2. The lowest BCUT2D eigenvalue weighted by Crippen LogP contribution is -2.36. The standard InChI is InChI=1S/C29H32FN5O3/c1-19(29(37)32-27-18-26(33-34-27)20-7-8-20)21-4-2-5-22(16-21)23-9-10-25(24(30)17-23)31-28(36)6-3-11-35-12-14-38-15-13-35/h2-6,9-10,16-20H,7-8,11-15H2,1H3,(H,31,36)(H2,32,33,34,37)/b6-3+. The van der Waals surface area contributed by atoms with Crippen LogP contribution in [0.3, 0.4) is 0 Å². The van der Waals surface area contributed by atoms with E-state index in [4.69, 9.17) is 4.74 Å². The summed E-state index contributed by atoms with van der Waals surface area (Å²) in [4.78, 5) is 27.3. The molecule has 3 aromatic rings. The van der Waals surface area contributed by atoms with Gasteiger partial charge in [-0.3, -0.25) is 19.6 Å². The Morgan fingerprint density at radius 1 is 1.13 bits per heavy atom. The molecule has 2 amide bonds. The summed E-state index contributed by atoms with van der Waals surface area (Å²) in [5, 5.41) is 12.7. The van der Waals surface area contributed by atoms with Gasteiger partial charge in [0.2, 0.25) is 11.8 Å². The maximum atomic E-state index is 14.9. The van der Waals surface area contributed by atoms with Crippen molar-refractivity contribution in [2.45, 2.75) is 31.6 Å². The molecule has 2 fully saturated rings. The summed E-state index contributed by atoms with van der Waals surface area (Å²) in [7, 11) is 0. The fourth-order valence-corrected chi connectivity index (χ4v) is 4.44. The van der Waals surface area contributed by atoms with Gasteiger partial charge < -0.3 is 15.4 Å². The highest BCUT2D eigenvalue weighted by Gasteiger charge is 2.26. The summed E-state index contributed by atoms with van der Waals surface area (Å²) in [6.45, 7) is 5.52. The van der Waals surface area contributed by atoms with Crippen LogP contribution in [0.2, 0.25) is 0 Å². The largest absolute Gasteiger partial charge is 0.379 e. The molecule has 3 N–H and O–H groups in total. The molecule has 1 atom stereocenters. The lowest BCUT2D eigenvalue weighted by atomic mass is 9.95. The van der Waals surface area contributed by atoms with Crippen LogP contribution in [-0.2, 0) is 14.3 Å². The second kappa shape index (κ2) is 11.7. The summed E-state index contributed by atoms with van der Waals surface area (Å²) in [5.74, 6) is -0.452. The average Bonchev–Trinajstić information content (AvgIpc) is 3.68. The Kier molecular flexibility index (Phi) is 7.95. The topological polar surface area (TPSA) is 99.3 Å². The first-order valence-corrected chi connectivity index (χ1v) is 13.0. The highest BCUT2D eigenvalue weighted by atomic mass is 19.1. The summed E-state index contributed by atoms with van der Waals surface area (Å²) in [5.41, 5.74) is 3.41. The highest BCUT2D eigenvalue weighted by molar-refractivity contribution is 5.99. The third-order valence-corrected chi connectivity index (χ3v) is 6.94. The van der Waals surface area contributed by atoms with Gasteiger partial charge in [-0.2, -0.15) is 5.10 Å². The summed E-state index contributed by atoms with van der Waals surface area (Å²) in [6.07, 6.45) is 5.50. The van der Waals surface area contributed by atoms with Crippen molar-refractivity contribution in [1.29, 1.82) is 0 Å². The number of halogens is 1. The molecule has 198 valence electrons. The number of hydrogen-bond acceptors (Lipinski definition) is 5. The maximum Gasteiger partial charge on any atom is 0.248 e. The van der Waals surface area contributed by atoms with Crippen molar-refractivity contribution in [2.75, 3.05) is 43.5 Å². The molecule has 1 unspecified atom stereocenters. The number of nitrogens with zero attached hydrogens (tertiary/aromatic N) is 2. The lowest BCUT2D eigenvalue weighted by molar-refractivity contribution is -0.117. The van der Waals surface area contributed by atoms with Gasteiger partial charge in [-0.05, 0) is 48.6 Å². The number of rotatable bonds is 9. The van der Waals surface area contributed by atoms with Gasteiger partial charge in [-0.15, -0.1) is 0 Å². The fourth-order valence-electron chi connectivity index (χ4n) is 4.44. The molecule has 1 saturated heterocycles. The van der Waals surface area contributed by atoms with Crippen LogP contribution in [0.15, 0.2) is 60.7 Å². The number of hydrogen-bond donors (Lipinski definition) is 3. The van der Waals surface area contributed by atoms with Gasteiger partial charge in [0.25, 0.3) is 0 Å². The van der Waals surface area contributed by atoms with E-state index in [-0.39, 0.29) is 17.5 Å². The second-order valence-electron chi connectivity index (χ2n) is 9.82. The van der Waals surface area contributed by atoms with Crippen LogP contribution in [0.5, 0.6) is 0 Å².